The van der Waals surface area contributed by atoms with Gasteiger partial charge in [-0.15, -0.1) is 0 Å². The standard InChI is InChI=1S/C24H16F3NO4S/c25-24(26,27)33(29,30)32-20-13-7-8-17(16-20)14-15-21-28-22(18-9-3-1-4-10-18)23(31-21)19-11-5-2-6-12-19/h1-16H. The molecular weight excluding hydrogens is 455 g/mol. The van der Waals surface area contributed by atoms with Crippen LogP contribution in [-0.4, -0.2) is 18.9 Å². The van der Waals surface area contributed by atoms with Crippen molar-refractivity contribution in [2.24, 2.45) is 0 Å². The third kappa shape index (κ3) is 5.15. The van der Waals surface area contributed by atoms with Crippen molar-refractivity contribution in [3.8, 4) is 28.3 Å². The van der Waals surface area contributed by atoms with Gasteiger partial charge in [0, 0.05) is 17.2 Å². The predicted molar refractivity (Wildman–Crippen MR) is 118 cm³/mol. The van der Waals surface area contributed by atoms with Crippen molar-refractivity contribution in [2.75, 3.05) is 0 Å². The molecule has 168 valence electrons. The lowest BCUT2D eigenvalue weighted by molar-refractivity contribution is -0.0500. The smallest absolute Gasteiger partial charge is 0.436 e. The molecular formula is C24H16F3NO4S. The lowest BCUT2D eigenvalue weighted by atomic mass is 10.1. The van der Waals surface area contributed by atoms with Crippen LogP contribution in [0.25, 0.3) is 34.7 Å². The van der Waals surface area contributed by atoms with E-state index < -0.39 is 21.4 Å². The molecule has 0 saturated carbocycles. The Morgan fingerprint density at radius 1 is 0.818 bits per heavy atom. The van der Waals surface area contributed by atoms with Gasteiger partial charge in [0.15, 0.2) is 5.76 Å². The second kappa shape index (κ2) is 8.95. The van der Waals surface area contributed by atoms with Gasteiger partial charge < -0.3 is 8.60 Å². The minimum Gasteiger partial charge on any atom is -0.436 e. The molecule has 0 spiro atoms. The summed E-state index contributed by atoms with van der Waals surface area (Å²) in [6.45, 7) is 0. The van der Waals surface area contributed by atoms with Gasteiger partial charge in [0.1, 0.15) is 11.4 Å². The largest absolute Gasteiger partial charge is 0.534 e. The highest BCUT2D eigenvalue weighted by atomic mass is 32.2. The first-order valence-corrected chi connectivity index (χ1v) is 11.0. The zero-order chi connectivity index (χ0) is 23.5. The SMILES string of the molecule is O=S(=O)(Oc1cccc(C=Cc2nc(-c3ccccc3)c(-c3ccccc3)o2)c1)C(F)(F)F. The van der Waals surface area contributed by atoms with Crippen LogP contribution in [0.5, 0.6) is 5.75 Å². The van der Waals surface area contributed by atoms with E-state index in [0.717, 1.165) is 17.2 Å². The number of rotatable bonds is 6. The Morgan fingerprint density at radius 3 is 2.09 bits per heavy atom. The van der Waals surface area contributed by atoms with E-state index in [9.17, 15) is 21.6 Å². The van der Waals surface area contributed by atoms with E-state index in [-0.39, 0.29) is 5.89 Å². The molecule has 4 aromatic rings. The summed E-state index contributed by atoms with van der Waals surface area (Å²) >= 11 is 0. The summed E-state index contributed by atoms with van der Waals surface area (Å²) in [5.41, 5.74) is -2.80. The zero-order valence-corrected chi connectivity index (χ0v) is 17.7. The van der Waals surface area contributed by atoms with Gasteiger partial charge in [0.05, 0.1) is 0 Å². The Balaban J connectivity index is 1.65. The van der Waals surface area contributed by atoms with E-state index in [2.05, 4.69) is 9.17 Å². The van der Waals surface area contributed by atoms with Gasteiger partial charge in [-0.3, -0.25) is 0 Å². The van der Waals surface area contributed by atoms with Crippen LogP contribution >= 0.6 is 0 Å². The maximum absolute atomic E-state index is 12.6. The highest BCUT2D eigenvalue weighted by molar-refractivity contribution is 7.88. The number of nitrogens with zero attached hydrogens (tertiary/aromatic N) is 1. The zero-order valence-electron chi connectivity index (χ0n) is 16.9. The molecule has 3 aromatic carbocycles. The minimum atomic E-state index is -5.75. The van der Waals surface area contributed by atoms with Crippen LogP contribution in [0.4, 0.5) is 13.2 Å². The molecule has 0 bridgehead atoms. The van der Waals surface area contributed by atoms with E-state index >= 15 is 0 Å². The number of hydrogen-bond donors (Lipinski definition) is 0. The molecule has 0 unspecified atom stereocenters. The maximum Gasteiger partial charge on any atom is 0.534 e. The van der Waals surface area contributed by atoms with Crippen molar-refractivity contribution in [2.45, 2.75) is 5.51 Å². The summed E-state index contributed by atoms with van der Waals surface area (Å²) in [4.78, 5) is 4.56. The topological polar surface area (TPSA) is 69.4 Å². The molecule has 0 saturated heterocycles. The van der Waals surface area contributed by atoms with Crippen LogP contribution < -0.4 is 4.18 Å². The molecule has 0 radical (unpaired) electrons. The number of alkyl halides is 3. The van der Waals surface area contributed by atoms with Crippen molar-refractivity contribution < 1.29 is 30.2 Å². The van der Waals surface area contributed by atoms with Gasteiger partial charge in [0.25, 0.3) is 0 Å². The van der Waals surface area contributed by atoms with E-state index in [4.69, 9.17) is 4.42 Å². The molecule has 4 rings (SSSR count). The van der Waals surface area contributed by atoms with E-state index in [1.807, 2.05) is 60.7 Å². The normalized spacial score (nSPS) is 12.2. The molecule has 0 fully saturated rings. The second-order valence-corrected chi connectivity index (χ2v) is 8.39. The molecule has 0 aliphatic rings. The van der Waals surface area contributed by atoms with Crippen LogP contribution in [0.15, 0.2) is 89.3 Å². The molecule has 0 amide bonds. The van der Waals surface area contributed by atoms with Crippen LogP contribution in [0, 0.1) is 0 Å². The first-order chi connectivity index (χ1) is 15.7. The fourth-order valence-corrected chi connectivity index (χ4v) is 3.45. The number of aromatic nitrogens is 1. The van der Waals surface area contributed by atoms with Gasteiger partial charge in [-0.25, -0.2) is 4.98 Å². The lowest BCUT2D eigenvalue weighted by Gasteiger charge is -2.09. The summed E-state index contributed by atoms with van der Waals surface area (Å²) in [7, 11) is -5.75. The fraction of sp³-hybridized carbons (Fsp3) is 0.0417. The van der Waals surface area contributed by atoms with Gasteiger partial charge in [-0.2, -0.15) is 21.6 Å². The molecule has 0 N–H and O–H groups in total. The first kappa shape index (κ1) is 22.3. The van der Waals surface area contributed by atoms with Gasteiger partial charge in [-0.05, 0) is 23.8 Å². The third-order valence-electron chi connectivity index (χ3n) is 4.49. The van der Waals surface area contributed by atoms with Crippen molar-refractivity contribution >= 4 is 22.3 Å². The summed E-state index contributed by atoms with van der Waals surface area (Å²) < 4.78 is 70.3. The van der Waals surface area contributed by atoms with Crippen LogP contribution in [-0.2, 0) is 10.1 Å². The summed E-state index contributed by atoms with van der Waals surface area (Å²) in [6.07, 6.45) is 3.07. The lowest BCUT2D eigenvalue weighted by Crippen LogP contribution is -2.28. The molecule has 5 nitrogen and oxygen atoms in total. The first-order valence-electron chi connectivity index (χ1n) is 9.63. The number of benzene rings is 3. The Labute approximate surface area is 187 Å². The van der Waals surface area contributed by atoms with Crippen molar-refractivity contribution in [3.63, 3.8) is 0 Å². The Morgan fingerprint density at radius 2 is 1.45 bits per heavy atom. The van der Waals surface area contributed by atoms with Crippen molar-refractivity contribution in [3.05, 3.63) is 96.4 Å². The van der Waals surface area contributed by atoms with Crippen LogP contribution in [0.3, 0.4) is 0 Å². The Kier molecular flexibility index (Phi) is 6.06. The van der Waals surface area contributed by atoms with Crippen molar-refractivity contribution in [1.29, 1.82) is 0 Å². The molecule has 9 heteroatoms. The highest BCUT2D eigenvalue weighted by Crippen LogP contribution is 2.33. The number of hydrogen-bond acceptors (Lipinski definition) is 5. The number of halogens is 3. The van der Waals surface area contributed by atoms with Gasteiger partial charge in [-0.1, -0.05) is 72.8 Å². The van der Waals surface area contributed by atoms with E-state index in [1.54, 1.807) is 6.07 Å². The van der Waals surface area contributed by atoms with E-state index in [1.165, 1.54) is 24.3 Å². The van der Waals surface area contributed by atoms with Gasteiger partial charge >= 0.3 is 15.6 Å². The molecule has 33 heavy (non-hydrogen) atoms. The molecule has 1 heterocycles. The monoisotopic (exact) mass is 471 g/mol. The fourth-order valence-electron chi connectivity index (χ4n) is 3.00. The summed E-state index contributed by atoms with van der Waals surface area (Å²) in [5.74, 6) is 0.369. The predicted octanol–water partition coefficient (Wildman–Crippen LogP) is 6.41. The van der Waals surface area contributed by atoms with Crippen molar-refractivity contribution in [1.82, 2.24) is 4.98 Å². The second-order valence-electron chi connectivity index (χ2n) is 6.85. The Bertz CT molecular complexity index is 1320. The molecule has 0 atom stereocenters. The minimum absolute atomic E-state index is 0.266. The third-order valence-corrected chi connectivity index (χ3v) is 5.47. The Hall–Kier alpha value is -3.85. The van der Waals surface area contributed by atoms with E-state index in [0.29, 0.717) is 17.0 Å². The summed E-state index contributed by atoms with van der Waals surface area (Å²) in [6, 6.07) is 24.1. The number of oxazole rings is 1. The maximum atomic E-state index is 12.6. The van der Waals surface area contributed by atoms with Gasteiger partial charge in [0.2, 0.25) is 5.89 Å². The molecule has 1 aromatic heterocycles. The van der Waals surface area contributed by atoms with Crippen LogP contribution in [0.1, 0.15) is 11.5 Å². The summed E-state index contributed by atoms with van der Waals surface area (Å²) in [5, 5.41) is 0. The molecule has 0 aliphatic heterocycles. The average Bonchev–Trinajstić information content (AvgIpc) is 3.23. The highest BCUT2D eigenvalue weighted by Gasteiger charge is 2.48. The average molecular weight is 471 g/mol. The molecule has 0 aliphatic carbocycles. The quantitative estimate of drug-likeness (QED) is 0.240. The van der Waals surface area contributed by atoms with Crippen LogP contribution in [0.2, 0.25) is 0 Å².